The average molecular weight is 395 g/mol. The number of nitrogens with zero attached hydrogens (tertiary/aromatic N) is 1. The summed E-state index contributed by atoms with van der Waals surface area (Å²) in [4.78, 5) is 60.3. The van der Waals surface area contributed by atoms with Crippen molar-refractivity contribution in [1.29, 1.82) is 0 Å². The number of thioether (sulfide) groups is 1. The zero-order chi connectivity index (χ0) is 20.1. The third-order valence-corrected chi connectivity index (χ3v) is 5.02. The Bertz CT molecular complexity index is 806. The smallest absolute Gasteiger partial charge is 0.339 e. The summed E-state index contributed by atoms with van der Waals surface area (Å²) in [5.41, 5.74) is -0.0631. The first kappa shape index (κ1) is 20.4. The van der Waals surface area contributed by atoms with Crippen LogP contribution in [0.3, 0.4) is 0 Å². The highest BCUT2D eigenvalue weighted by atomic mass is 32.2. The topological polar surface area (TPSA) is 127 Å². The van der Waals surface area contributed by atoms with Crippen molar-refractivity contribution in [3.63, 3.8) is 0 Å². The number of carboxylic acids is 1. The van der Waals surface area contributed by atoms with Crippen LogP contribution >= 0.6 is 11.8 Å². The maximum Gasteiger partial charge on any atom is 0.339 e. The number of imide groups is 1. The zero-order valence-corrected chi connectivity index (χ0v) is 15.4. The summed E-state index contributed by atoms with van der Waals surface area (Å²) in [7, 11) is 2.33. The summed E-state index contributed by atoms with van der Waals surface area (Å²) in [6, 6.07) is 3.82. The minimum atomic E-state index is -1.00. The average Bonchev–Trinajstić information content (AvgIpc) is 2.93. The molecule has 2 rings (SSSR count). The van der Waals surface area contributed by atoms with Gasteiger partial charge in [-0.15, -0.1) is 11.8 Å². The fourth-order valence-corrected chi connectivity index (χ4v) is 3.61. The molecule has 0 aromatic heterocycles. The van der Waals surface area contributed by atoms with Crippen LogP contribution in [0.4, 0.5) is 5.69 Å². The van der Waals surface area contributed by atoms with E-state index in [2.05, 4.69) is 9.47 Å². The number of carboxylic acid groups (broad SMARTS) is 1. The van der Waals surface area contributed by atoms with Crippen molar-refractivity contribution in [2.24, 2.45) is 0 Å². The Hall–Kier alpha value is -2.88. The molecule has 0 spiro atoms. The summed E-state index contributed by atoms with van der Waals surface area (Å²) in [5.74, 6) is -3.44. The molecule has 0 bridgehead atoms. The molecule has 1 saturated heterocycles. The molecule has 0 saturated carbocycles. The number of ether oxygens (including phenoxy) is 2. The molecule has 10 heteroatoms. The van der Waals surface area contributed by atoms with E-state index in [1.807, 2.05) is 0 Å². The fraction of sp³-hybridized carbons (Fsp3) is 0.353. The lowest BCUT2D eigenvalue weighted by Gasteiger charge is -2.18. The van der Waals surface area contributed by atoms with Gasteiger partial charge in [-0.25, -0.2) is 14.5 Å². The second-order valence-corrected chi connectivity index (χ2v) is 6.80. The van der Waals surface area contributed by atoms with Gasteiger partial charge < -0.3 is 14.6 Å². The fourth-order valence-electron chi connectivity index (χ4n) is 2.52. The number of hydrogen-bond acceptors (Lipinski definition) is 8. The van der Waals surface area contributed by atoms with Gasteiger partial charge in [-0.1, -0.05) is 0 Å². The lowest BCUT2D eigenvalue weighted by atomic mass is 10.1. The number of amides is 2. The second-order valence-electron chi connectivity index (χ2n) is 5.49. The molecule has 144 valence electrons. The molecular weight excluding hydrogens is 378 g/mol. The van der Waals surface area contributed by atoms with Crippen LogP contribution in [0.25, 0.3) is 0 Å². The van der Waals surface area contributed by atoms with Gasteiger partial charge >= 0.3 is 17.9 Å². The molecule has 1 unspecified atom stereocenters. The van der Waals surface area contributed by atoms with Gasteiger partial charge in [0.15, 0.2) is 0 Å². The van der Waals surface area contributed by atoms with Gasteiger partial charge in [0.2, 0.25) is 11.8 Å². The molecule has 1 atom stereocenters. The summed E-state index contributed by atoms with van der Waals surface area (Å²) in [6.45, 7) is 0. The van der Waals surface area contributed by atoms with Crippen LogP contribution in [-0.4, -0.2) is 60.1 Å². The number of methoxy groups -OCH3 is 2. The van der Waals surface area contributed by atoms with Crippen LogP contribution in [0.5, 0.6) is 0 Å². The van der Waals surface area contributed by atoms with Gasteiger partial charge in [0.1, 0.15) is 0 Å². The molecule has 1 aliphatic rings. The van der Waals surface area contributed by atoms with Crippen LogP contribution in [0.15, 0.2) is 18.2 Å². The van der Waals surface area contributed by atoms with Crippen molar-refractivity contribution in [2.45, 2.75) is 18.1 Å². The van der Waals surface area contributed by atoms with Gasteiger partial charge in [0.05, 0.1) is 42.7 Å². The molecule has 2 amide bonds. The van der Waals surface area contributed by atoms with Crippen molar-refractivity contribution in [3.05, 3.63) is 29.3 Å². The van der Waals surface area contributed by atoms with E-state index in [4.69, 9.17) is 5.11 Å². The van der Waals surface area contributed by atoms with Gasteiger partial charge in [-0.2, -0.15) is 0 Å². The third kappa shape index (κ3) is 4.45. The number of anilines is 1. The van der Waals surface area contributed by atoms with Crippen molar-refractivity contribution in [2.75, 3.05) is 24.9 Å². The minimum absolute atomic E-state index is 0.0527. The monoisotopic (exact) mass is 395 g/mol. The largest absolute Gasteiger partial charge is 0.481 e. The van der Waals surface area contributed by atoms with E-state index >= 15 is 0 Å². The molecule has 0 radical (unpaired) electrons. The third-order valence-electron chi connectivity index (χ3n) is 3.81. The second kappa shape index (κ2) is 8.67. The Balaban J connectivity index is 2.37. The number of rotatable bonds is 7. The predicted octanol–water partition coefficient (Wildman–Crippen LogP) is 1.10. The van der Waals surface area contributed by atoms with E-state index in [-0.39, 0.29) is 35.4 Å². The molecule has 9 nitrogen and oxygen atoms in total. The Morgan fingerprint density at radius 1 is 1.19 bits per heavy atom. The van der Waals surface area contributed by atoms with Gasteiger partial charge in [0, 0.05) is 12.2 Å². The normalized spacial score (nSPS) is 16.4. The van der Waals surface area contributed by atoms with Crippen LogP contribution in [0, 0.1) is 0 Å². The molecule has 27 heavy (non-hydrogen) atoms. The first-order valence-electron chi connectivity index (χ1n) is 7.81. The molecule has 1 aromatic carbocycles. The summed E-state index contributed by atoms with van der Waals surface area (Å²) in [5, 5.41) is 7.93. The number of carbonyl (C=O) groups excluding carboxylic acids is 4. The number of esters is 2. The molecular formula is C17H17NO8S. The van der Waals surface area contributed by atoms with E-state index in [0.29, 0.717) is 0 Å². The Kier molecular flexibility index (Phi) is 6.56. The summed E-state index contributed by atoms with van der Waals surface area (Å²) < 4.78 is 9.30. The van der Waals surface area contributed by atoms with Crippen molar-refractivity contribution >= 4 is 47.2 Å². The van der Waals surface area contributed by atoms with E-state index in [0.717, 1.165) is 23.8 Å². The summed E-state index contributed by atoms with van der Waals surface area (Å²) >= 11 is 1.06. The van der Waals surface area contributed by atoms with Gasteiger partial charge in [-0.3, -0.25) is 14.4 Å². The van der Waals surface area contributed by atoms with Crippen LogP contribution in [0.2, 0.25) is 0 Å². The van der Waals surface area contributed by atoms with Crippen molar-refractivity contribution in [3.8, 4) is 0 Å². The quantitative estimate of drug-likeness (QED) is 0.533. The maximum atomic E-state index is 12.7. The first-order chi connectivity index (χ1) is 12.8. The molecule has 1 fully saturated rings. The highest BCUT2D eigenvalue weighted by molar-refractivity contribution is 8.00. The van der Waals surface area contributed by atoms with Crippen LogP contribution in [-0.2, 0) is 23.9 Å². The van der Waals surface area contributed by atoms with E-state index in [9.17, 15) is 24.0 Å². The van der Waals surface area contributed by atoms with Crippen LogP contribution < -0.4 is 4.90 Å². The SMILES string of the molecule is COC(=O)c1ccc(C(=O)OC)c(N2C(=O)CC(SCCC(=O)O)C2=O)c1. The van der Waals surface area contributed by atoms with E-state index in [1.54, 1.807) is 0 Å². The number of carbonyl (C=O) groups is 5. The zero-order valence-electron chi connectivity index (χ0n) is 14.6. The predicted molar refractivity (Wildman–Crippen MR) is 94.7 cm³/mol. The Morgan fingerprint density at radius 2 is 1.85 bits per heavy atom. The summed E-state index contributed by atoms with van der Waals surface area (Å²) in [6.07, 6.45) is -0.278. The lowest BCUT2D eigenvalue weighted by molar-refractivity contribution is -0.136. The minimum Gasteiger partial charge on any atom is -0.481 e. The first-order valence-corrected chi connectivity index (χ1v) is 8.85. The Morgan fingerprint density at radius 3 is 2.44 bits per heavy atom. The van der Waals surface area contributed by atoms with Crippen LogP contribution in [0.1, 0.15) is 33.6 Å². The number of hydrogen-bond donors (Lipinski definition) is 1. The molecule has 1 heterocycles. The lowest BCUT2D eigenvalue weighted by Crippen LogP contribution is -2.33. The highest BCUT2D eigenvalue weighted by Gasteiger charge is 2.41. The number of benzene rings is 1. The number of aliphatic carboxylic acids is 1. The van der Waals surface area contributed by atoms with E-state index < -0.39 is 35.0 Å². The maximum absolute atomic E-state index is 12.7. The highest BCUT2D eigenvalue weighted by Crippen LogP contribution is 2.33. The van der Waals surface area contributed by atoms with Gasteiger partial charge in [-0.05, 0) is 18.2 Å². The standard InChI is InChI=1S/C17H17NO8S/c1-25-16(23)9-3-4-10(17(24)26-2)11(7-9)18-13(19)8-12(15(18)22)27-6-5-14(20)21/h3-4,7,12H,5-6,8H2,1-2H3,(H,20,21). The van der Waals surface area contributed by atoms with E-state index in [1.165, 1.54) is 25.3 Å². The molecule has 1 N–H and O–H groups in total. The van der Waals surface area contributed by atoms with Crippen molar-refractivity contribution in [1.82, 2.24) is 0 Å². The molecule has 0 aliphatic carbocycles. The van der Waals surface area contributed by atoms with Crippen molar-refractivity contribution < 1.29 is 38.6 Å². The van der Waals surface area contributed by atoms with Gasteiger partial charge in [0.25, 0.3) is 0 Å². The Labute approximate surface area is 158 Å². The molecule has 1 aliphatic heterocycles. The molecule has 1 aromatic rings.